The number of benzene rings is 2. The highest BCUT2D eigenvalue weighted by Gasteiger charge is 2.21. The Morgan fingerprint density at radius 1 is 1.06 bits per heavy atom. The minimum atomic E-state index is -0.137. The largest absolute Gasteiger partial charge is 0.493 e. The quantitative estimate of drug-likeness (QED) is 0.369. The molecule has 1 atom stereocenters. The summed E-state index contributed by atoms with van der Waals surface area (Å²) in [6.07, 6.45) is 3.64. The number of para-hydroxylation sites is 2. The summed E-state index contributed by atoms with van der Waals surface area (Å²) in [7, 11) is 0. The molecule has 3 rings (SSSR count). The number of fused-ring (bicyclic) bond motifs is 1. The van der Waals surface area contributed by atoms with E-state index < -0.39 is 0 Å². The Labute approximate surface area is 192 Å². The Hall–Kier alpha value is -2.82. The molecule has 3 aromatic rings. The number of carbonyl (C=O) groups is 1. The van der Waals surface area contributed by atoms with E-state index in [0.717, 1.165) is 54.8 Å². The smallest absolute Gasteiger partial charge is 0.223 e. The lowest BCUT2D eigenvalue weighted by Crippen LogP contribution is -2.33. The molecule has 0 aliphatic heterocycles. The van der Waals surface area contributed by atoms with Crippen molar-refractivity contribution in [1.82, 2.24) is 14.9 Å². The van der Waals surface area contributed by atoms with E-state index in [1.807, 2.05) is 37.3 Å². The van der Waals surface area contributed by atoms with Crippen molar-refractivity contribution in [3.63, 3.8) is 0 Å². The maximum atomic E-state index is 12.6. The number of aromatic nitrogens is 2. The van der Waals surface area contributed by atoms with Gasteiger partial charge in [0, 0.05) is 12.5 Å². The van der Waals surface area contributed by atoms with Crippen LogP contribution in [-0.4, -0.2) is 22.1 Å². The molecule has 0 bridgehead atoms. The highest BCUT2D eigenvalue weighted by molar-refractivity contribution is 5.79. The standard InChI is InChI=1S/C27H37N3O2/c1-6-22(7-2)27(31)28-21(5)26-29-23-14-8-9-15-24(23)30(26)17-10-11-18-32-25-16-12-13-19(3)20(25)4/h8-9,12-16,21-22H,6-7,10-11,17-18H2,1-5H3,(H,28,31). The molecule has 0 saturated carbocycles. The zero-order valence-corrected chi connectivity index (χ0v) is 20.1. The summed E-state index contributed by atoms with van der Waals surface area (Å²) in [5.74, 6) is 2.05. The molecule has 5 heteroatoms. The second kappa shape index (κ2) is 11.2. The minimum absolute atomic E-state index is 0.0532. The van der Waals surface area contributed by atoms with E-state index in [1.165, 1.54) is 11.1 Å². The number of carbonyl (C=O) groups excluding carboxylic acids is 1. The van der Waals surface area contributed by atoms with Crippen LogP contribution in [0.25, 0.3) is 11.0 Å². The summed E-state index contributed by atoms with van der Waals surface area (Å²) in [6.45, 7) is 11.9. The van der Waals surface area contributed by atoms with E-state index >= 15 is 0 Å². The molecule has 2 aromatic carbocycles. The summed E-state index contributed by atoms with van der Waals surface area (Å²) in [4.78, 5) is 17.5. The van der Waals surface area contributed by atoms with Crippen LogP contribution in [0.2, 0.25) is 0 Å². The molecule has 0 radical (unpaired) electrons. The number of ether oxygens (including phenoxy) is 1. The maximum absolute atomic E-state index is 12.6. The Morgan fingerprint density at radius 3 is 2.56 bits per heavy atom. The van der Waals surface area contributed by atoms with Crippen LogP contribution in [0.1, 0.15) is 69.4 Å². The zero-order valence-electron chi connectivity index (χ0n) is 20.1. The Balaban J connectivity index is 1.66. The summed E-state index contributed by atoms with van der Waals surface area (Å²) in [5, 5.41) is 3.19. The normalized spacial score (nSPS) is 12.3. The van der Waals surface area contributed by atoms with Crippen LogP contribution in [0.3, 0.4) is 0 Å². The van der Waals surface area contributed by atoms with Crippen molar-refractivity contribution in [2.75, 3.05) is 6.61 Å². The van der Waals surface area contributed by atoms with Crippen LogP contribution in [0.5, 0.6) is 5.75 Å². The number of nitrogens with zero attached hydrogens (tertiary/aromatic N) is 2. The molecule has 5 nitrogen and oxygen atoms in total. The van der Waals surface area contributed by atoms with Crippen LogP contribution >= 0.6 is 0 Å². The van der Waals surface area contributed by atoms with Gasteiger partial charge in [-0.15, -0.1) is 0 Å². The monoisotopic (exact) mass is 435 g/mol. The molecule has 1 aromatic heterocycles. The number of rotatable bonds is 11. The van der Waals surface area contributed by atoms with E-state index in [4.69, 9.17) is 9.72 Å². The van der Waals surface area contributed by atoms with Gasteiger partial charge in [-0.2, -0.15) is 0 Å². The first-order valence-corrected chi connectivity index (χ1v) is 11.9. The SMILES string of the molecule is CCC(CC)C(=O)NC(C)c1nc2ccccc2n1CCCCOc1cccc(C)c1C. The van der Waals surface area contributed by atoms with Crippen molar-refractivity contribution >= 4 is 16.9 Å². The fraction of sp³-hybridized carbons (Fsp3) is 0.481. The summed E-state index contributed by atoms with van der Waals surface area (Å²) in [5.41, 5.74) is 4.54. The van der Waals surface area contributed by atoms with Crippen LogP contribution in [-0.2, 0) is 11.3 Å². The Kier molecular flexibility index (Phi) is 8.32. The van der Waals surface area contributed by atoms with Gasteiger partial charge in [-0.1, -0.05) is 38.1 Å². The molecule has 0 spiro atoms. The number of hydrogen-bond donors (Lipinski definition) is 1. The highest BCUT2D eigenvalue weighted by atomic mass is 16.5. The first kappa shape index (κ1) is 23.8. The lowest BCUT2D eigenvalue weighted by Gasteiger charge is -2.19. The van der Waals surface area contributed by atoms with Crippen LogP contribution in [0, 0.1) is 19.8 Å². The molecule has 0 saturated heterocycles. The van der Waals surface area contributed by atoms with Crippen molar-refractivity contribution in [2.45, 2.75) is 72.9 Å². The van der Waals surface area contributed by atoms with Crippen molar-refractivity contribution in [3.8, 4) is 5.75 Å². The lowest BCUT2D eigenvalue weighted by atomic mass is 10.0. The van der Waals surface area contributed by atoms with Gasteiger partial charge in [0.25, 0.3) is 0 Å². The van der Waals surface area contributed by atoms with Crippen molar-refractivity contribution in [2.24, 2.45) is 5.92 Å². The van der Waals surface area contributed by atoms with Crippen LogP contribution in [0.4, 0.5) is 0 Å². The predicted octanol–water partition coefficient (Wildman–Crippen LogP) is 6.13. The van der Waals surface area contributed by atoms with E-state index in [-0.39, 0.29) is 17.9 Å². The van der Waals surface area contributed by atoms with Gasteiger partial charge in [0.15, 0.2) is 0 Å². The third kappa shape index (κ3) is 5.50. The van der Waals surface area contributed by atoms with E-state index in [9.17, 15) is 4.79 Å². The topological polar surface area (TPSA) is 56.2 Å². The maximum Gasteiger partial charge on any atom is 0.223 e. The Morgan fingerprint density at radius 2 is 1.81 bits per heavy atom. The van der Waals surface area contributed by atoms with Crippen molar-refractivity contribution < 1.29 is 9.53 Å². The highest BCUT2D eigenvalue weighted by Crippen LogP contribution is 2.23. The molecule has 1 N–H and O–H groups in total. The van der Waals surface area contributed by atoms with Gasteiger partial charge >= 0.3 is 0 Å². The van der Waals surface area contributed by atoms with Crippen molar-refractivity contribution in [1.29, 1.82) is 0 Å². The number of amides is 1. The second-order valence-corrected chi connectivity index (χ2v) is 8.61. The average molecular weight is 436 g/mol. The molecular weight excluding hydrogens is 398 g/mol. The fourth-order valence-corrected chi connectivity index (χ4v) is 4.15. The fourth-order valence-electron chi connectivity index (χ4n) is 4.15. The number of nitrogens with one attached hydrogen (secondary N) is 1. The van der Waals surface area contributed by atoms with Crippen LogP contribution in [0.15, 0.2) is 42.5 Å². The first-order chi connectivity index (χ1) is 15.5. The molecule has 0 aliphatic rings. The van der Waals surface area contributed by atoms with Gasteiger partial charge in [0.05, 0.1) is 23.7 Å². The number of unbranched alkanes of at least 4 members (excludes halogenated alkanes) is 1. The predicted molar refractivity (Wildman–Crippen MR) is 131 cm³/mol. The number of imidazole rings is 1. The van der Waals surface area contributed by atoms with E-state index in [0.29, 0.717) is 6.61 Å². The van der Waals surface area contributed by atoms with Gasteiger partial charge in [-0.3, -0.25) is 4.79 Å². The Bertz CT molecular complexity index is 1040. The van der Waals surface area contributed by atoms with E-state index in [2.05, 4.69) is 49.7 Å². The third-order valence-corrected chi connectivity index (χ3v) is 6.38. The third-order valence-electron chi connectivity index (χ3n) is 6.38. The summed E-state index contributed by atoms with van der Waals surface area (Å²) >= 11 is 0. The summed E-state index contributed by atoms with van der Waals surface area (Å²) in [6, 6.07) is 14.2. The second-order valence-electron chi connectivity index (χ2n) is 8.61. The van der Waals surface area contributed by atoms with Crippen LogP contribution < -0.4 is 10.1 Å². The van der Waals surface area contributed by atoms with Crippen molar-refractivity contribution in [3.05, 3.63) is 59.4 Å². The zero-order chi connectivity index (χ0) is 23.1. The van der Waals surface area contributed by atoms with E-state index in [1.54, 1.807) is 0 Å². The molecule has 1 amide bonds. The van der Waals surface area contributed by atoms with Gasteiger partial charge in [-0.05, 0) is 75.8 Å². The van der Waals surface area contributed by atoms with Gasteiger partial charge in [-0.25, -0.2) is 4.98 Å². The molecule has 172 valence electrons. The first-order valence-electron chi connectivity index (χ1n) is 11.9. The molecule has 0 fully saturated rings. The molecule has 32 heavy (non-hydrogen) atoms. The molecule has 1 unspecified atom stereocenters. The minimum Gasteiger partial charge on any atom is -0.493 e. The van der Waals surface area contributed by atoms with Gasteiger partial charge < -0.3 is 14.6 Å². The molecule has 0 aliphatic carbocycles. The number of aryl methyl sites for hydroxylation is 2. The molecule has 1 heterocycles. The van der Waals surface area contributed by atoms with Gasteiger partial charge in [0.1, 0.15) is 11.6 Å². The molecular formula is C27H37N3O2. The number of hydrogen-bond acceptors (Lipinski definition) is 3. The summed E-state index contributed by atoms with van der Waals surface area (Å²) < 4.78 is 8.28. The van der Waals surface area contributed by atoms with Gasteiger partial charge in [0.2, 0.25) is 5.91 Å². The lowest BCUT2D eigenvalue weighted by molar-refractivity contribution is -0.125. The average Bonchev–Trinajstić information content (AvgIpc) is 3.16.